The van der Waals surface area contributed by atoms with Crippen molar-refractivity contribution >= 4 is 21.8 Å². The predicted octanol–water partition coefficient (Wildman–Crippen LogP) is 4.62. The lowest BCUT2D eigenvalue weighted by atomic mass is 9.97. The lowest BCUT2D eigenvalue weighted by Gasteiger charge is -2.29. The van der Waals surface area contributed by atoms with Crippen molar-refractivity contribution in [1.29, 1.82) is 0 Å². The standard InChI is InChI=1S/C30H38FN3O4S/c1-22(30(36)32-20-19-23-5-3-2-4-6-23)34(21-25-7-12-26(31)13-8-25)29(35)18-11-24-9-16-28(17-10-24)39(37,38)33-27-14-15-27/h5,7-10,12-13,16-17,22,27,33H,2-4,6,11,14-15,18-21H2,1H3,(H,32,36). The summed E-state index contributed by atoms with van der Waals surface area (Å²) in [6.07, 6.45) is 9.92. The number of nitrogens with zero attached hydrogens (tertiary/aromatic N) is 1. The maximum atomic E-state index is 13.4. The summed E-state index contributed by atoms with van der Waals surface area (Å²) in [5, 5.41) is 2.98. The van der Waals surface area contributed by atoms with Crippen LogP contribution in [0, 0.1) is 5.82 Å². The van der Waals surface area contributed by atoms with E-state index in [2.05, 4.69) is 16.1 Å². The van der Waals surface area contributed by atoms with Gasteiger partial charge in [-0.1, -0.05) is 35.9 Å². The largest absolute Gasteiger partial charge is 0.354 e. The summed E-state index contributed by atoms with van der Waals surface area (Å²) in [5.74, 6) is -0.791. The molecule has 7 nitrogen and oxygen atoms in total. The Morgan fingerprint density at radius 3 is 2.33 bits per heavy atom. The minimum Gasteiger partial charge on any atom is -0.354 e. The Labute approximate surface area is 230 Å². The summed E-state index contributed by atoms with van der Waals surface area (Å²) < 4.78 is 40.9. The Bertz CT molecular complexity index is 1270. The number of carbonyl (C=O) groups excluding carboxylic acids is 2. The molecule has 0 heterocycles. The van der Waals surface area contributed by atoms with Gasteiger partial charge in [-0.3, -0.25) is 9.59 Å². The zero-order valence-corrected chi connectivity index (χ0v) is 23.3. The van der Waals surface area contributed by atoms with E-state index < -0.39 is 16.1 Å². The summed E-state index contributed by atoms with van der Waals surface area (Å²) in [6, 6.07) is 11.8. The number of hydrogen-bond donors (Lipinski definition) is 2. The predicted molar refractivity (Wildman–Crippen MR) is 149 cm³/mol. The van der Waals surface area contributed by atoms with E-state index in [0.29, 0.717) is 13.0 Å². The highest BCUT2D eigenvalue weighted by Crippen LogP contribution is 2.23. The molecule has 2 aromatic carbocycles. The number of carbonyl (C=O) groups is 2. The average molecular weight is 556 g/mol. The first-order valence-corrected chi connectivity index (χ1v) is 15.3. The molecule has 2 aliphatic rings. The fourth-order valence-corrected chi connectivity index (χ4v) is 6.02. The molecule has 0 aromatic heterocycles. The molecule has 0 saturated heterocycles. The van der Waals surface area contributed by atoms with Crippen LogP contribution in [0.25, 0.3) is 0 Å². The first-order chi connectivity index (χ1) is 18.7. The summed E-state index contributed by atoms with van der Waals surface area (Å²) in [7, 11) is -3.53. The van der Waals surface area contributed by atoms with Crippen molar-refractivity contribution in [3.63, 3.8) is 0 Å². The Hall–Kier alpha value is -3.04. The van der Waals surface area contributed by atoms with Crippen LogP contribution in [0.3, 0.4) is 0 Å². The van der Waals surface area contributed by atoms with Gasteiger partial charge in [-0.05, 0) is 93.7 Å². The number of allylic oxidation sites excluding steroid dienone is 1. The molecule has 0 aliphatic heterocycles. The zero-order chi connectivity index (χ0) is 27.8. The Morgan fingerprint density at radius 2 is 1.69 bits per heavy atom. The molecule has 2 aliphatic carbocycles. The van der Waals surface area contributed by atoms with Crippen LogP contribution in [0.15, 0.2) is 65.1 Å². The van der Waals surface area contributed by atoms with Crippen molar-refractivity contribution in [1.82, 2.24) is 14.9 Å². The van der Waals surface area contributed by atoms with E-state index in [0.717, 1.165) is 43.2 Å². The number of halogens is 1. The van der Waals surface area contributed by atoms with E-state index >= 15 is 0 Å². The summed E-state index contributed by atoms with van der Waals surface area (Å²) in [4.78, 5) is 28.1. The third kappa shape index (κ3) is 8.73. The highest BCUT2D eigenvalue weighted by atomic mass is 32.2. The molecule has 0 radical (unpaired) electrons. The van der Waals surface area contributed by atoms with Crippen LogP contribution >= 0.6 is 0 Å². The molecule has 2 aromatic rings. The molecule has 2 N–H and O–H groups in total. The number of rotatable bonds is 13. The van der Waals surface area contributed by atoms with Gasteiger partial charge >= 0.3 is 0 Å². The third-order valence-electron chi connectivity index (χ3n) is 7.32. The Morgan fingerprint density at radius 1 is 1.00 bits per heavy atom. The molecule has 1 fully saturated rings. The van der Waals surface area contributed by atoms with Crippen molar-refractivity contribution in [2.75, 3.05) is 6.54 Å². The molecule has 1 saturated carbocycles. The molecule has 39 heavy (non-hydrogen) atoms. The van der Waals surface area contributed by atoms with E-state index in [4.69, 9.17) is 0 Å². The molecule has 2 amide bonds. The second-order valence-electron chi connectivity index (χ2n) is 10.5. The molecular weight excluding hydrogens is 517 g/mol. The average Bonchev–Trinajstić information content (AvgIpc) is 3.75. The van der Waals surface area contributed by atoms with E-state index in [1.807, 2.05) is 0 Å². The van der Waals surface area contributed by atoms with Crippen molar-refractivity contribution < 1.29 is 22.4 Å². The number of hydrogen-bond acceptors (Lipinski definition) is 4. The monoisotopic (exact) mass is 555 g/mol. The topological polar surface area (TPSA) is 95.6 Å². The molecule has 9 heteroatoms. The number of benzene rings is 2. The second kappa shape index (κ2) is 13.3. The van der Waals surface area contributed by atoms with Crippen LogP contribution in [0.4, 0.5) is 4.39 Å². The fourth-order valence-electron chi connectivity index (χ4n) is 4.71. The third-order valence-corrected chi connectivity index (χ3v) is 8.86. The maximum Gasteiger partial charge on any atom is 0.242 e. The molecule has 4 rings (SSSR count). The van der Waals surface area contributed by atoms with Gasteiger partial charge in [0.1, 0.15) is 11.9 Å². The molecule has 210 valence electrons. The number of amides is 2. The van der Waals surface area contributed by atoms with Gasteiger partial charge in [-0.15, -0.1) is 0 Å². The SMILES string of the molecule is CC(C(=O)NCCC1=CCCCC1)N(Cc1ccc(F)cc1)C(=O)CCc1ccc(S(=O)(=O)NC2CC2)cc1. The summed E-state index contributed by atoms with van der Waals surface area (Å²) >= 11 is 0. The Balaban J connectivity index is 1.37. The van der Waals surface area contributed by atoms with E-state index in [1.54, 1.807) is 43.3 Å². The number of nitrogens with one attached hydrogen (secondary N) is 2. The smallest absolute Gasteiger partial charge is 0.242 e. The minimum atomic E-state index is -3.53. The van der Waals surface area contributed by atoms with Crippen LogP contribution in [0.5, 0.6) is 0 Å². The first kappa shape index (κ1) is 29.0. The summed E-state index contributed by atoms with van der Waals surface area (Å²) in [5.41, 5.74) is 2.93. The van der Waals surface area contributed by atoms with Crippen molar-refractivity contribution in [3.05, 3.63) is 77.1 Å². The van der Waals surface area contributed by atoms with Gasteiger partial charge in [0.2, 0.25) is 21.8 Å². The van der Waals surface area contributed by atoms with Crippen LogP contribution in [0.1, 0.15) is 69.4 Å². The molecule has 0 spiro atoms. The summed E-state index contributed by atoms with van der Waals surface area (Å²) in [6.45, 7) is 2.42. The normalized spacial score (nSPS) is 16.3. The lowest BCUT2D eigenvalue weighted by Crippen LogP contribution is -2.47. The second-order valence-corrected chi connectivity index (χ2v) is 12.2. The van der Waals surface area contributed by atoms with Crippen molar-refractivity contribution in [2.24, 2.45) is 0 Å². The number of aryl methyl sites for hydroxylation is 1. The number of sulfonamides is 1. The van der Waals surface area contributed by atoms with Gasteiger partial charge in [0.15, 0.2) is 0 Å². The van der Waals surface area contributed by atoms with E-state index in [-0.39, 0.29) is 41.5 Å². The molecular formula is C30H38FN3O4S. The van der Waals surface area contributed by atoms with Crippen molar-refractivity contribution in [3.8, 4) is 0 Å². The van der Waals surface area contributed by atoms with Crippen LogP contribution in [0.2, 0.25) is 0 Å². The Kier molecular flexibility index (Phi) is 9.91. The highest BCUT2D eigenvalue weighted by molar-refractivity contribution is 7.89. The fraction of sp³-hybridized carbons (Fsp3) is 0.467. The van der Waals surface area contributed by atoms with Crippen LogP contribution < -0.4 is 10.0 Å². The van der Waals surface area contributed by atoms with Crippen LogP contribution in [-0.4, -0.2) is 43.8 Å². The maximum absolute atomic E-state index is 13.4. The molecule has 0 bridgehead atoms. The van der Waals surface area contributed by atoms with Crippen molar-refractivity contribution in [2.45, 2.75) is 88.2 Å². The molecule has 1 atom stereocenters. The highest BCUT2D eigenvalue weighted by Gasteiger charge is 2.28. The van der Waals surface area contributed by atoms with Gasteiger partial charge in [-0.2, -0.15) is 0 Å². The van der Waals surface area contributed by atoms with Gasteiger partial charge in [0.05, 0.1) is 4.90 Å². The minimum absolute atomic E-state index is 0.0305. The van der Waals surface area contributed by atoms with Gasteiger partial charge in [0.25, 0.3) is 0 Å². The lowest BCUT2D eigenvalue weighted by molar-refractivity contribution is -0.140. The van der Waals surface area contributed by atoms with Crippen LogP contribution in [-0.2, 0) is 32.6 Å². The van der Waals surface area contributed by atoms with Gasteiger partial charge in [-0.25, -0.2) is 17.5 Å². The van der Waals surface area contributed by atoms with Gasteiger partial charge in [0, 0.05) is 25.6 Å². The quantitative estimate of drug-likeness (QED) is 0.353. The zero-order valence-electron chi connectivity index (χ0n) is 22.5. The van der Waals surface area contributed by atoms with Gasteiger partial charge < -0.3 is 10.2 Å². The van der Waals surface area contributed by atoms with E-state index in [1.165, 1.54) is 35.4 Å². The first-order valence-electron chi connectivity index (χ1n) is 13.8. The van der Waals surface area contributed by atoms with E-state index in [9.17, 15) is 22.4 Å². The molecule has 1 unspecified atom stereocenters.